The third kappa shape index (κ3) is 4.22. The molecule has 2 N–H and O–H groups in total. The number of rotatable bonds is 7. The summed E-state index contributed by atoms with van der Waals surface area (Å²) in [6.45, 7) is 3.84. The van der Waals surface area contributed by atoms with Crippen LogP contribution in [0.15, 0.2) is 48.5 Å². The van der Waals surface area contributed by atoms with Gasteiger partial charge in [-0.3, -0.25) is 9.59 Å². The maximum absolute atomic E-state index is 12.8. The molecule has 27 heavy (non-hydrogen) atoms. The number of nitrogens with one attached hydrogen (secondary N) is 2. The topological polar surface area (TPSA) is 76.7 Å². The number of anilines is 2. The fourth-order valence-corrected chi connectivity index (χ4v) is 2.80. The molecule has 6 nitrogen and oxygen atoms in total. The van der Waals surface area contributed by atoms with Crippen LogP contribution >= 0.6 is 0 Å². The average Bonchev–Trinajstić information content (AvgIpc) is 3.45. The molecule has 1 aliphatic carbocycles. The van der Waals surface area contributed by atoms with Gasteiger partial charge in [-0.1, -0.05) is 18.2 Å². The molecule has 6 heteroatoms. The van der Waals surface area contributed by atoms with E-state index in [1.54, 1.807) is 43.5 Å². The molecular formula is C21H24N2O4. The van der Waals surface area contributed by atoms with E-state index in [4.69, 9.17) is 9.47 Å². The second-order valence-electron chi connectivity index (χ2n) is 6.89. The van der Waals surface area contributed by atoms with Crippen molar-refractivity contribution >= 4 is 23.2 Å². The van der Waals surface area contributed by atoms with E-state index in [1.165, 1.54) is 0 Å². The summed E-state index contributed by atoms with van der Waals surface area (Å²) < 4.78 is 10.9. The van der Waals surface area contributed by atoms with E-state index in [9.17, 15) is 9.59 Å². The molecule has 0 bridgehead atoms. The van der Waals surface area contributed by atoms with Gasteiger partial charge in [-0.05, 0) is 51.0 Å². The van der Waals surface area contributed by atoms with Crippen LogP contribution in [0.5, 0.6) is 11.5 Å². The Morgan fingerprint density at radius 3 is 2.37 bits per heavy atom. The third-order valence-electron chi connectivity index (χ3n) is 4.44. The van der Waals surface area contributed by atoms with Crippen molar-refractivity contribution in [3.05, 3.63) is 48.5 Å². The summed E-state index contributed by atoms with van der Waals surface area (Å²) in [4.78, 5) is 25.6. The van der Waals surface area contributed by atoms with E-state index < -0.39 is 5.41 Å². The van der Waals surface area contributed by atoms with Gasteiger partial charge < -0.3 is 20.1 Å². The molecule has 1 aliphatic rings. The fraction of sp³-hybridized carbons (Fsp3) is 0.333. The monoisotopic (exact) mass is 368 g/mol. The van der Waals surface area contributed by atoms with E-state index in [-0.39, 0.29) is 17.9 Å². The van der Waals surface area contributed by atoms with Crippen molar-refractivity contribution in [3.8, 4) is 11.5 Å². The van der Waals surface area contributed by atoms with Gasteiger partial charge in [0.2, 0.25) is 11.8 Å². The highest BCUT2D eigenvalue weighted by Gasteiger charge is 2.56. The van der Waals surface area contributed by atoms with Crippen LogP contribution in [0, 0.1) is 5.41 Å². The Balaban J connectivity index is 1.72. The van der Waals surface area contributed by atoms with Crippen molar-refractivity contribution in [3.63, 3.8) is 0 Å². The number of amides is 2. The smallest absolute Gasteiger partial charge is 0.240 e. The van der Waals surface area contributed by atoms with E-state index in [0.29, 0.717) is 35.7 Å². The molecule has 142 valence electrons. The lowest BCUT2D eigenvalue weighted by Crippen LogP contribution is -2.35. The zero-order chi connectivity index (χ0) is 19.4. The first kappa shape index (κ1) is 18.8. The summed E-state index contributed by atoms with van der Waals surface area (Å²) >= 11 is 0. The predicted molar refractivity (Wildman–Crippen MR) is 104 cm³/mol. The Hall–Kier alpha value is -3.02. The van der Waals surface area contributed by atoms with E-state index in [0.717, 1.165) is 0 Å². The zero-order valence-electron chi connectivity index (χ0n) is 15.7. The van der Waals surface area contributed by atoms with E-state index in [2.05, 4.69) is 10.6 Å². The minimum absolute atomic E-state index is 0.0192. The molecule has 0 aliphatic heterocycles. The molecule has 3 rings (SSSR count). The van der Waals surface area contributed by atoms with Crippen molar-refractivity contribution in [2.24, 2.45) is 5.41 Å². The Morgan fingerprint density at radius 2 is 1.70 bits per heavy atom. The average molecular weight is 368 g/mol. The standard InChI is InChI=1S/C21H24N2O4/c1-14(2)27-18-10-5-4-9-17(18)23-20(25)21(11-12-21)19(24)22-15-7-6-8-16(13-15)26-3/h4-10,13-14H,11-12H2,1-3H3,(H,22,24)(H,23,25). The lowest BCUT2D eigenvalue weighted by molar-refractivity contribution is -0.131. The van der Waals surface area contributed by atoms with Crippen LogP contribution in [0.4, 0.5) is 11.4 Å². The lowest BCUT2D eigenvalue weighted by Gasteiger charge is -2.18. The Kier molecular flexibility index (Phi) is 5.35. The molecule has 1 saturated carbocycles. The number of hydrogen-bond donors (Lipinski definition) is 2. The predicted octanol–water partition coefficient (Wildman–Crippen LogP) is 3.84. The van der Waals surface area contributed by atoms with E-state index in [1.807, 2.05) is 26.0 Å². The van der Waals surface area contributed by atoms with Crippen LogP contribution in [-0.4, -0.2) is 25.0 Å². The van der Waals surface area contributed by atoms with Crippen molar-refractivity contribution < 1.29 is 19.1 Å². The van der Waals surface area contributed by atoms with Crippen molar-refractivity contribution in [2.75, 3.05) is 17.7 Å². The normalized spacial score (nSPS) is 14.4. The minimum atomic E-state index is -1.05. The molecule has 0 unspecified atom stereocenters. The van der Waals surface area contributed by atoms with Crippen molar-refractivity contribution in [2.45, 2.75) is 32.8 Å². The lowest BCUT2D eigenvalue weighted by atomic mass is 10.0. The highest BCUT2D eigenvalue weighted by Crippen LogP contribution is 2.48. The van der Waals surface area contributed by atoms with Crippen LogP contribution in [-0.2, 0) is 9.59 Å². The summed E-state index contributed by atoms with van der Waals surface area (Å²) in [5, 5.41) is 5.68. The van der Waals surface area contributed by atoms with Crippen LogP contribution in [0.2, 0.25) is 0 Å². The number of hydrogen-bond acceptors (Lipinski definition) is 4. The first-order valence-electron chi connectivity index (χ1n) is 8.97. The first-order valence-corrected chi connectivity index (χ1v) is 8.97. The molecule has 1 fully saturated rings. The molecule has 2 aromatic carbocycles. The summed E-state index contributed by atoms with van der Waals surface area (Å²) in [5.41, 5.74) is 0.118. The number of benzene rings is 2. The van der Waals surface area contributed by atoms with Gasteiger partial charge in [0, 0.05) is 11.8 Å². The molecule has 0 saturated heterocycles. The quantitative estimate of drug-likeness (QED) is 0.728. The molecule has 2 aromatic rings. The van der Waals surface area contributed by atoms with Gasteiger partial charge in [-0.25, -0.2) is 0 Å². The molecule has 0 heterocycles. The van der Waals surface area contributed by atoms with E-state index >= 15 is 0 Å². The van der Waals surface area contributed by atoms with Gasteiger partial charge in [-0.15, -0.1) is 0 Å². The van der Waals surface area contributed by atoms with Gasteiger partial charge in [0.15, 0.2) is 0 Å². The zero-order valence-corrected chi connectivity index (χ0v) is 15.7. The summed E-state index contributed by atoms with van der Waals surface area (Å²) in [6, 6.07) is 14.3. The number of methoxy groups -OCH3 is 1. The number of carbonyl (C=O) groups excluding carboxylic acids is 2. The van der Waals surface area contributed by atoms with Crippen LogP contribution in [0.3, 0.4) is 0 Å². The van der Waals surface area contributed by atoms with Gasteiger partial charge in [0.05, 0.1) is 18.9 Å². The molecule has 0 aromatic heterocycles. The molecule has 0 radical (unpaired) electrons. The summed E-state index contributed by atoms with van der Waals surface area (Å²) in [6.07, 6.45) is 1.01. The molecule has 2 amide bonds. The molecule has 0 atom stereocenters. The maximum Gasteiger partial charge on any atom is 0.240 e. The second-order valence-corrected chi connectivity index (χ2v) is 6.89. The fourth-order valence-electron chi connectivity index (χ4n) is 2.80. The van der Waals surface area contributed by atoms with Crippen LogP contribution in [0.1, 0.15) is 26.7 Å². The van der Waals surface area contributed by atoms with Crippen LogP contribution < -0.4 is 20.1 Å². The maximum atomic E-state index is 12.8. The Morgan fingerprint density at radius 1 is 1.00 bits per heavy atom. The largest absolute Gasteiger partial charge is 0.497 e. The van der Waals surface area contributed by atoms with Crippen molar-refractivity contribution in [1.29, 1.82) is 0 Å². The van der Waals surface area contributed by atoms with Gasteiger partial charge in [0.1, 0.15) is 16.9 Å². The van der Waals surface area contributed by atoms with Crippen molar-refractivity contribution in [1.82, 2.24) is 0 Å². The molecular weight excluding hydrogens is 344 g/mol. The Bertz CT molecular complexity index is 844. The Labute approximate surface area is 158 Å². The first-order chi connectivity index (χ1) is 12.9. The van der Waals surface area contributed by atoms with Gasteiger partial charge in [0.25, 0.3) is 0 Å². The number of ether oxygens (including phenoxy) is 2. The summed E-state index contributed by atoms with van der Waals surface area (Å²) in [5.74, 6) is 0.602. The highest BCUT2D eigenvalue weighted by atomic mass is 16.5. The SMILES string of the molecule is COc1cccc(NC(=O)C2(C(=O)Nc3ccccc3OC(C)C)CC2)c1. The minimum Gasteiger partial charge on any atom is -0.497 e. The van der Waals surface area contributed by atoms with Crippen LogP contribution in [0.25, 0.3) is 0 Å². The number of para-hydroxylation sites is 2. The van der Waals surface area contributed by atoms with Gasteiger partial charge in [-0.2, -0.15) is 0 Å². The second kappa shape index (κ2) is 7.70. The van der Waals surface area contributed by atoms with Gasteiger partial charge >= 0.3 is 0 Å². The highest BCUT2D eigenvalue weighted by molar-refractivity contribution is 6.17. The number of carbonyl (C=O) groups is 2. The molecule has 0 spiro atoms. The summed E-state index contributed by atoms with van der Waals surface area (Å²) in [7, 11) is 1.56. The third-order valence-corrected chi connectivity index (χ3v) is 4.44.